The van der Waals surface area contributed by atoms with E-state index in [9.17, 15) is 22.4 Å². The van der Waals surface area contributed by atoms with Gasteiger partial charge < -0.3 is 19.1 Å². The third-order valence-electron chi connectivity index (χ3n) is 8.59. The fourth-order valence-corrected chi connectivity index (χ4v) is 6.81. The highest BCUT2D eigenvalue weighted by Crippen LogP contribution is 2.34. The SMILES string of the molecule is [2H]c1c([2H])c(F)c(F)c(CSc2c([2H])c(=O)c3c([2H])c([2H])c([2H])c([2H])c3n2CC(=O)N(Cc2c([2H])c([2H])c(-c3c([2H])c([2H])c(C(F)(F)F)c(C)c3[2H])c([2H])c2[2H])C2CCN(CCOC)CC2)c1[2H]. The summed E-state index contributed by atoms with van der Waals surface area (Å²) in [5, 5.41) is -1.24. The van der Waals surface area contributed by atoms with Gasteiger partial charge in [-0.05, 0) is 66.2 Å². The number of hydrogen-bond donors (Lipinski definition) is 0. The van der Waals surface area contributed by atoms with Crippen LogP contribution in [0, 0.1) is 18.6 Å². The van der Waals surface area contributed by atoms with Crippen molar-refractivity contribution in [1.82, 2.24) is 14.4 Å². The molecule has 5 aromatic rings. The monoisotopic (exact) mass is 764 g/mol. The van der Waals surface area contributed by atoms with Crippen molar-refractivity contribution in [3.05, 3.63) is 135 Å². The van der Waals surface area contributed by atoms with E-state index in [0.717, 1.165) is 16.4 Å². The average molecular weight is 765 g/mol. The van der Waals surface area contributed by atoms with Crippen molar-refractivity contribution in [3.63, 3.8) is 0 Å². The second-order valence-electron chi connectivity index (χ2n) is 12.0. The van der Waals surface area contributed by atoms with E-state index < -0.39 is 194 Å². The molecule has 1 fully saturated rings. The lowest BCUT2D eigenvalue weighted by atomic mass is 9.98. The number of ether oxygens (including phenoxy) is 1. The first-order chi connectivity index (χ1) is 31.7. The summed E-state index contributed by atoms with van der Waals surface area (Å²) in [5.74, 6) is -5.16. The Balaban J connectivity index is 1.53. The van der Waals surface area contributed by atoms with Crippen molar-refractivity contribution in [2.24, 2.45) is 0 Å². The largest absolute Gasteiger partial charge is 0.416 e. The minimum absolute atomic E-state index is 0.228. The number of aromatic nitrogens is 1. The second-order valence-corrected chi connectivity index (χ2v) is 13.0. The summed E-state index contributed by atoms with van der Waals surface area (Å²) in [6.07, 6.45) is -4.69. The van der Waals surface area contributed by atoms with Gasteiger partial charge in [0.15, 0.2) is 17.1 Å². The number of carbonyl (C=O) groups is 1. The standard InChI is InChI=1S/C41H40F5N3O3S/c1-27-22-30(14-15-34(27)41(44,45)46)29-12-10-28(11-13-29)24-48(32-16-18-47(19-17-32)20-21-52-2)38(51)25-49-36-9-4-3-7-33(36)37(50)23-39(49)53-26-31-6-5-8-35(42)40(31)43/h3-15,22-23,32H,16-21,24-26H2,1-2H3/i3D,4D,5D,6D,7D,8D,9D,10D,11D,12D,13D,14D,15D,22D,23D. The molecule has 12 heteroatoms. The number of nitrogens with zero attached hydrogens (tertiary/aromatic N) is 3. The maximum absolute atomic E-state index is 15.2. The summed E-state index contributed by atoms with van der Waals surface area (Å²) in [4.78, 5) is 32.0. The Morgan fingerprint density at radius 1 is 0.962 bits per heavy atom. The van der Waals surface area contributed by atoms with E-state index in [1.54, 1.807) is 0 Å². The molecule has 0 aliphatic carbocycles. The van der Waals surface area contributed by atoms with E-state index in [2.05, 4.69) is 0 Å². The van der Waals surface area contributed by atoms with Crippen molar-refractivity contribution >= 4 is 28.6 Å². The van der Waals surface area contributed by atoms with Gasteiger partial charge in [0.05, 0.1) is 43.3 Å². The Kier molecular flexibility index (Phi) is 7.32. The maximum Gasteiger partial charge on any atom is 0.416 e. The van der Waals surface area contributed by atoms with Crippen LogP contribution in [0.2, 0.25) is 0 Å². The number of halogens is 5. The number of alkyl halides is 3. The van der Waals surface area contributed by atoms with Crippen LogP contribution in [0.3, 0.4) is 0 Å². The number of thioether (sulfide) groups is 1. The number of carbonyl (C=O) groups excluding carboxylic acids is 1. The fraction of sp³-hybridized carbons (Fsp3) is 0.317. The molecule has 0 spiro atoms. The molecule has 1 aliphatic heterocycles. The smallest absolute Gasteiger partial charge is 0.383 e. The van der Waals surface area contributed by atoms with E-state index in [1.807, 2.05) is 4.90 Å². The molecular formula is C41H40F5N3O3S. The number of pyridine rings is 1. The molecule has 0 radical (unpaired) electrons. The zero-order valence-corrected chi connectivity index (χ0v) is 29.1. The predicted octanol–water partition coefficient (Wildman–Crippen LogP) is 8.71. The normalized spacial score (nSPS) is 18.1. The first-order valence-corrected chi connectivity index (χ1v) is 17.2. The lowest BCUT2D eigenvalue weighted by Crippen LogP contribution is -2.48. The number of methoxy groups -OCH3 is 1. The molecule has 0 saturated carbocycles. The minimum Gasteiger partial charge on any atom is -0.383 e. The third-order valence-corrected chi connectivity index (χ3v) is 9.62. The highest BCUT2D eigenvalue weighted by molar-refractivity contribution is 7.98. The van der Waals surface area contributed by atoms with Gasteiger partial charge in [-0.15, -0.1) is 11.8 Å². The molecule has 2 heterocycles. The summed E-state index contributed by atoms with van der Waals surface area (Å²) < 4.78 is 206. The summed E-state index contributed by atoms with van der Waals surface area (Å²) in [5.41, 5.74) is -6.90. The zero-order chi connectivity index (χ0) is 50.8. The van der Waals surface area contributed by atoms with Crippen LogP contribution in [0.25, 0.3) is 22.0 Å². The Labute approximate surface area is 330 Å². The molecule has 0 unspecified atom stereocenters. The van der Waals surface area contributed by atoms with Crippen molar-refractivity contribution < 1.29 is 52.0 Å². The van der Waals surface area contributed by atoms with E-state index >= 15 is 9.18 Å². The molecule has 1 amide bonds. The number of piperidine rings is 1. The molecule has 1 aromatic heterocycles. The Bertz CT molecular complexity index is 2880. The van der Waals surface area contributed by atoms with Gasteiger partial charge in [0, 0.05) is 62.1 Å². The van der Waals surface area contributed by atoms with Gasteiger partial charge in [-0.2, -0.15) is 13.2 Å². The summed E-state index contributed by atoms with van der Waals surface area (Å²) >= 11 is 0.394. The number of para-hydroxylation sites is 1. The van der Waals surface area contributed by atoms with E-state index in [0.29, 0.717) is 38.0 Å². The van der Waals surface area contributed by atoms with Crippen molar-refractivity contribution in [3.8, 4) is 11.1 Å². The molecule has 0 bridgehead atoms. The van der Waals surface area contributed by atoms with Crippen LogP contribution in [0.5, 0.6) is 0 Å². The summed E-state index contributed by atoms with van der Waals surface area (Å²) in [6.45, 7) is 0.784. The molecule has 6 nitrogen and oxygen atoms in total. The van der Waals surface area contributed by atoms with Gasteiger partial charge in [-0.1, -0.05) is 60.4 Å². The molecular weight excluding hydrogens is 710 g/mol. The first-order valence-electron chi connectivity index (χ1n) is 23.7. The number of benzene rings is 4. The number of hydrogen-bond acceptors (Lipinski definition) is 5. The molecule has 0 N–H and O–H groups in total. The van der Waals surface area contributed by atoms with Gasteiger partial charge >= 0.3 is 6.18 Å². The van der Waals surface area contributed by atoms with E-state index in [1.165, 1.54) is 7.11 Å². The van der Waals surface area contributed by atoms with Crippen molar-refractivity contribution in [2.45, 2.75) is 55.9 Å². The minimum atomic E-state index is -5.15. The predicted molar refractivity (Wildman–Crippen MR) is 198 cm³/mol. The highest BCUT2D eigenvalue weighted by atomic mass is 32.2. The van der Waals surface area contributed by atoms with Crippen LogP contribution < -0.4 is 5.43 Å². The number of likely N-dealkylation sites (tertiary alicyclic amines) is 1. The van der Waals surface area contributed by atoms with Crippen LogP contribution in [0.15, 0.2) is 100 Å². The van der Waals surface area contributed by atoms with Gasteiger partial charge in [0.25, 0.3) is 0 Å². The fourth-order valence-electron chi connectivity index (χ4n) is 5.85. The Morgan fingerprint density at radius 2 is 1.68 bits per heavy atom. The summed E-state index contributed by atoms with van der Waals surface area (Å²) in [6, 6.07) is -15.2. The lowest BCUT2D eigenvalue weighted by molar-refractivity contribution is -0.138. The third kappa shape index (κ3) is 9.00. The number of fused-ring (bicyclic) bond motifs is 1. The molecule has 1 aliphatic rings. The number of amides is 1. The zero-order valence-electron chi connectivity index (χ0n) is 43.3. The van der Waals surface area contributed by atoms with E-state index in [-0.39, 0.29) is 12.8 Å². The molecule has 6 rings (SSSR count). The second kappa shape index (κ2) is 16.7. The quantitative estimate of drug-likeness (QED) is 0.0941. The first kappa shape index (κ1) is 23.3. The topological polar surface area (TPSA) is 54.8 Å². The molecule has 4 aromatic carbocycles. The van der Waals surface area contributed by atoms with Crippen molar-refractivity contribution in [2.75, 3.05) is 33.4 Å². The highest BCUT2D eigenvalue weighted by Gasteiger charge is 2.32. The number of rotatable bonds is 12. The van der Waals surface area contributed by atoms with Crippen LogP contribution in [0.1, 0.15) is 55.7 Å². The van der Waals surface area contributed by atoms with Gasteiger partial charge in [0.1, 0.15) is 6.54 Å². The lowest BCUT2D eigenvalue weighted by Gasteiger charge is -2.39. The van der Waals surface area contributed by atoms with Crippen molar-refractivity contribution in [1.29, 1.82) is 0 Å². The summed E-state index contributed by atoms with van der Waals surface area (Å²) in [7, 11) is 1.51. The molecule has 0 atom stereocenters. The average Bonchev–Trinajstić information content (AvgIpc) is 3.29. The maximum atomic E-state index is 15.2. The molecule has 53 heavy (non-hydrogen) atoms. The molecule has 1 saturated heterocycles. The van der Waals surface area contributed by atoms with Gasteiger partial charge in [-0.3, -0.25) is 9.59 Å². The van der Waals surface area contributed by atoms with Crippen LogP contribution in [-0.2, 0) is 34.6 Å². The van der Waals surface area contributed by atoms with Gasteiger partial charge in [0.2, 0.25) is 5.91 Å². The Morgan fingerprint density at radius 3 is 2.40 bits per heavy atom. The van der Waals surface area contributed by atoms with Gasteiger partial charge in [-0.25, -0.2) is 8.78 Å². The molecule has 278 valence electrons. The van der Waals surface area contributed by atoms with E-state index in [4.69, 9.17) is 25.3 Å². The van der Waals surface area contributed by atoms with Crippen LogP contribution >= 0.6 is 11.8 Å². The van der Waals surface area contributed by atoms with Crippen LogP contribution in [0.4, 0.5) is 22.0 Å². The van der Waals surface area contributed by atoms with Crippen LogP contribution in [-0.4, -0.2) is 59.7 Å². The Hall–Kier alpha value is -4.52.